The van der Waals surface area contributed by atoms with Crippen molar-refractivity contribution in [2.75, 3.05) is 43.4 Å². The predicted molar refractivity (Wildman–Crippen MR) is 148 cm³/mol. The second-order valence-electron chi connectivity index (χ2n) is 11.3. The molecule has 7 nitrogen and oxygen atoms in total. The molecule has 36 heavy (non-hydrogen) atoms. The summed E-state index contributed by atoms with van der Waals surface area (Å²) in [6.45, 7) is 11.3. The van der Waals surface area contributed by atoms with Gasteiger partial charge in [-0.25, -0.2) is 4.98 Å². The first-order valence-electron chi connectivity index (χ1n) is 13.5. The molecule has 1 aromatic carbocycles. The summed E-state index contributed by atoms with van der Waals surface area (Å²) in [6.07, 6.45) is 7.37. The summed E-state index contributed by atoms with van der Waals surface area (Å²) in [7, 11) is 2.17. The number of aromatic nitrogens is 3. The highest BCUT2D eigenvalue weighted by molar-refractivity contribution is 5.76. The Balaban J connectivity index is 1.34. The summed E-state index contributed by atoms with van der Waals surface area (Å²) in [6, 6.07) is 12.2. The molecule has 3 heterocycles. The number of pyridine rings is 1. The average molecular weight is 489 g/mol. The van der Waals surface area contributed by atoms with Gasteiger partial charge >= 0.3 is 0 Å². The number of anilines is 3. The van der Waals surface area contributed by atoms with Crippen molar-refractivity contribution in [2.45, 2.75) is 58.9 Å². The molecule has 7 heteroatoms. The van der Waals surface area contributed by atoms with E-state index in [-0.39, 0.29) is 11.6 Å². The van der Waals surface area contributed by atoms with Crippen molar-refractivity contribution in [3.05, 3.63) is 52.9 Å². The van der Waals surface area contributed by atoms with Gasteiger partial charge in [-0.1, -0.05) is 27.2 Å². The normalized spacial score (nSPS) is 21.6. The first-order chi connectivity index (χ1) is 17.3. The van der Waals surface area contributed by atoms with Crippen molar-refractivity contribution in [2.24, 2.45) is 11.3 Å². The molecule has 0 amide bonds. The van der Waals surface area contributed by atoms with Crippen molar-refractivity contribution in [3.8, 4) is 0 Å². The zero-order valence-corrected chi connectivity index (χ0v) is 22.2. The van der Waals surface area contributed by atoms with Gasteiger partial charge in [-0.15, -0.1) is 0 Å². The molecule has 1 N–H and O–H groups in total. The van der Waals surface area contributed by atoms with E-state index in [4.69, 9.17) is 4.98 Å². The lowest BCUT2D eigenvalue weighted by Gasteiger charge is -2.39. The van der Waals surface area contributed by atoms with Crippen LogP contribution in [0.2, 0.25) is 0 Å². The van der Waals surface area contributed by atoms with Gasteiger partial charge in [0.2, 0.25) is 5.95 Å². The smallest absolute Gasteiger partial charge is 0.252 e. The molecular formula is C29H40N6O. The number of fused-ring (bicyclic) bond motifs is 1. The standard InChI is InChI=1S/C29H40N6O/c1-5-29(2,3)22-7-11-25(12-8-22)35-26(36)15-6-21-20-30-28(32-27(21)35)31-23-9-13-24(14-10-23)34-18-16-33(4)17-19-34/h6,9-10,13-15,20,22,25H,5,7-8,11-12,16-19H2,1-4H3,(H,30,31,32). The number of rotatable bonds is 6. The van der Waals surface area contributed by atoms with Crippen molar-refractivity contribution in [3.63, 3.8) is 0 Å². The topological polar surface area (TPSA) is 66.3 Å². The molecule has 2 fully saturated rings. The van der Waals surface area contributed by atoms with Crippen molar-refractivity contribution < 1.29 is 0 Å². The molecule has 2 aliphatic rings. The molecule has 192 valence electrons. The Morgan fingerprint density at radius 2 is 1.67 bits per heavy atom. The maximum atomic E-state index is 13.0. The van der Waals surface area contributed by atoms with E-state index < -0.39 is 0 Å². The summed E-state index contributed by atoms with van der Waals surface area (Å²) >= 11 is 0. The molecule has 1 aliphatic carbocycles. The lowest BCUT2D eigenvalue weighted by atomic mass is 9.69. The maximum Gasteiger partial charge on any atom is 0.252 e. The molecule has 0 bridgehead atoms. The maximum absolute atomic E-state index is 13.0. The van der Waals surface area contributed by atoms with Crippen LogP contribution in [0.15, 0.2) is 47.4 Å². The minimum absolute atomic E-state index is 0.0295. The van der Waals surface area contributed by atoms with E-state index >= 15 is 0 Å². The summed E-state index contributed by atoms with van der Waals surface area (Å²) in [4.78, 5) is 27.2. The van der Waals surface area contributed by atoms with Gasteiger partial charge in [0.15, 0.2) is 0 Å². The molecule has 5 rings (SSSR count). The molecular weight excluding hydrogens is 448 g/mol. The van der Waals surface area contributed by atoms with Crippen LogP contribution < -0.4 is 15.8 Å². The molecule has 0 unspecified atom stereocenters. The second kappa shape index (κ2) is 10.2. The molecule has 0 atom stereocenters. The summed E-state index contributed by atoms with van der Waals surface area (Å²) < 4.78 is 1.92. The highest BCUT2D eigenvalue weighted by atomic mass is 16.1. The lowest BCUT2D eigenvalue weighted by molar-refractivity contribution is 0.130. The average Bonchev–Trinajstić information content (AvgIpc) is 2.90. The van der Waals surface area contributed by atoms with Gasteiger partial charge in [0.05, 0.1) is 0 Å². The number of hydrogen-bond acceptors (Lipinski definition) is 6. The summed E-state index contributed by atoms with van der Waals surface area (Å²) in [5.41, 5.74) is 3.30. The third kappa shape index (κ3) is 5.12. The van der Waals surface area contributed by atoms with E-state index in [1.807, 2.05) is 16.8 Å². The Morgan fingerprint density at radius 1 is 0.972 bits per heavy atom. The quantitative estimate of drug-likeness (QED) is 0.497. The van der Waals surface area contributed by atoms with Gasteiger partial charge in [-0.2, -0.15) is 4.98 Å². The van der Waals surface area contributed by atoms with Crippen LogP contribution in [0.25, 0.3) is 11.0 Å². The van der Waals surface area contributed by atoms with Gasteiger partial charge in [0.25, 0.3) is 5.56 Å². The first kappa shape index (κ1) is 24.8. The van der Waals surface area contributed by atoms with E-state index in [2.05, 4.69) is 72.2 Å². The number of hydrogen-bond donors (Lipinski definition) is 1. The van der Waals surface area contributed by atoms with Crippen LogP contribution >= 0.6 is 0 Å². The molecule has 1 aliphatic heterocycles. The number of likely N-dealkylation sites (N-methyl/N-ethyl adjacent to an activating group) is 1. The predicted octanol–water partition coefficient (Wildman–Crippen LogP) is 5.45. The largest absolute Gasteiger partial charge is 0.369 e. The van der Waals surface area contributed by atoms with Crippen LogP contribution in [0.5, 0.6) is 0 Å². The summed E-state index contributed by atoms with van der Waals surface area (Å²) in [5.74, 6) is 1.24. The number of nitrogens with zero attached hydrogens (tertiary/aromatic N) is 5. The third-order valence-corrected chi connectivity index (χ3v) is 8.74. The first-order valence-corrected chi connectivity index (χ1v) is 13.5. The molecule has 0 spiro atoms. The SMILES string of the molecule is CCC(C)(C)C1CCC(n2c(=O)ccc3cnc(Nc4ccc(N5CCN(C)CC5)cc4)nc32)CC1. The zero-order valence-electron chi connectivity index (χ0n) is 22.2. The molecule has 1 saturated heterocycles. The Kier molecular flexibility index (Phi) is 7.02. The lowest BCUT2D eigenvalue weighted by Crippen LogP contribution is -2.44. The fourth-order valence-corrected chi connectivity index (χ4v) is 5.81. The molecule has 2 aromatic heterocycles. The summed E-state index contributed by atoms with van der Waals surface area (Å²) in [5, 5.41) is 4.26. The minimum Gasteiger partial charge on any atom is -0.369 e. The number of nitrogens with one attached hydrogen (secondary N) is 1. The fraction of sp³-hybridized carbons (Fsp3) is 0.552. The minimum atomic E-state index is 0.0295. The number of benzene rings is 1. The van der Waals surface area contributed by atoms with Crippen molar-refractivity contribution >= 4 is 28.4 Å². The van der Waals surface area contributed by atoms with E-state index in [1.54, 1.807) is 6.07 Å². The fourth-order valence-electron chi connectivity index (χ4n) is 5.81. The zero-order chi connectivity index (χ0) is 25.3. The third-order valence-electron chi connectivity index (χ3n) is 8.74. The molecule has 0 radical (unpaired) electrons. The highest BCUT2D eigenvalue weighted by Gasteiger charge is 2.33. The highest BCUT2D eigenvalue weighted by Crippen LogP contribution is 2.43. The monoisotopic (exact) mass is 488 g/mol. The van der Waals surface area contributed by atoms with E-state index in [1.165, 1.54) is 12.1 Å². The van der Waals surface area contributed by atoms with Gasteiger partial charge in [-0.05, 0) is 74.4 Å². The Bertz CT molecular complexity index is 1230. The van der Waals surface area contributed by atoms with Crippen LogP contribution in [0.3, 0.4) is 0 Å². The van der Waals surface area contributed by atoms with Crippen LogP contribution in [-0.2, 0) is 0 Å². The van der Waals surface area contributed by atoms with Crippen LogP contribution in [-0.4, -0.2) is 52.7 Å². The van der Waals surface area contributed by atoms with Crippen LogP contribution in [0.1, 0.15) is 58.9 Å². The van der Waals surface area contributed by atoms with Crippen molar-refractivity contribution in [1.82, 2.24) is 19.4 Å². The Morgan fingerprint density at radius 3 is 2.33 bits per heavy atom. The van der Waals surface area contributed by atoms with Crippen molar-refractivity contribution in [1.29, 1.82) is 0 Å². The Hall–Kier alpha value is -2.93. The molecule has 1 saturated carbocycles. The van der Waals surface area contributed by atoms with E-state index in [0.717, 1.165) is 68.6 Å². The number of piperazine rings is 1. The van der Waals surface area contributed by atoms with Crippen LogP contribution in [0, 0.1) is 11.3 Å². The molecule has 3 aromatic rings. The van der Waals surface area contributed by atoms with E-state index in [0.29, 0.717) is 17.3 Å². The second-order valence-corrected chi connectivity index (χ2v) is 11.3. The van der Waals surface area contributed by atoms with Gasteiger partial charge in [0.1, 0.15) is 5.65 Å². The Labute approximate surface area is 214 Å². The van der Waals surface area contributed by atoms with Gasteiger partial charge in [-0.3, -0.25) is 9.36 Å². The van der Waals surface area contributed by atoms with E-state index in [9.17, 15) is 4.79 Å². The van der Waals surface area contributed by atoms with Crippen LogP contribution in [0.4, 0.5) is 17.3 Å². The van der Waals surface area contributed by atoms with Gasteiger partial charge < -0.3 is 15.1 Å². The van der Waals surface area contributed by atoms with Gasteiger partial charge in [0, 0.05) is 61.2 Å².